The summed E-state index contributed by atoms with van der Waals surface area (Å²) < 4.78 is 0. The molecule has 1 amide bonds. The van der Waals surface area contributed by atoms with E-state index in [9.17, 15) is 4.79 Å². The van der Waals surface area contributed by atoms with E-state index in [1.807, 2.05) is 39.1 Å². The number of H-pyrrole nitrogens is 1. The van der Waals surface area contributed by atoms with Crippen LogP contribution in [0.3, 0.4) is 0 Å². The molecular formula is C19H23N5O. The normalized spacial score (nSPS) is 11.5. The minimum atomic E-state index is -0.297. The van der Waals surface area contributed by atoms with Crippen LogP contribution in [0.5, 0.6) is 0 Å². The van der Waals surface area contributed by atoms with Crippen molar-refractivity contribution in [3.05, 3.63) is 54.1 Å². The van der Waals surface area contributed by atoms with Crippen LogP contribution in [0.15, 0.2) is 42.9 Å². The zero-order chi connectivity index (χ0) is 17.9. The van der Waals surface area contributed by atoms with Gasteiger partial charge in [0.1, 0.15) is 11.5 Å². The molecule has 0 radical (unpaired) electrons. The lowest BCUT2D eigenvalue weighted by atomic mass is 10.1. The molecule has 0 spiro atoms. The second-order valence-corrected chi connectivity index (χ2v) is 7.03. The predicted octanol–water partition coefficient (Wildman–Crippen LogP) is 3.14. The van der Waals surface area contributed by atoms with Crippen LogP contribution >= 0.6 is 0 Å². The first-order valence-electron chi connectivity index (χ1n) is 8.36. The molecule has 0 aliphatic carbocycles. The van der Waals surface area contributed by atoms with Crippen molar-refractivity contribution in [2.75, 3.05) is 11.9 Å². The third kappa shape index (κ3) is 4.35. The summed E-state index contributed by atoms with van der Waals surface area (Å²) >= 11 is 0. The third-order valence-corrected chi connectivity index (χ3v) is 3.75. The van der Waals surface area contributed by atoms with Crippen LogP contribution in [-0.4, -0.2) is 32.9 Å². The van der Waals surface area contributed by atoms with E-state index in [1.54, 1.807) is 6.20 Å². The summed E-state index contributed by atoms with van der Waals surface area (Å²) in [5.41, 5.74) is 2.43. The largest absolute Gasteiger partial charge is 0.368 e. The van der Waals surface area contributed by atoms with Crippen LogP contribution in [0, 0.1) is 0 Å². The average molecular weight is 337 g/mol. The molecule has 3 N–H and O–H groups in total. The number of hydrogen-bond acceptors (Lipinski definition) is 4. The van der Waals surface area contributed by atoms with Crippen LogP contribution < -0.4 is 10.6 Å². The summed E-state index contributed by atoms with van der Waals surface area (Å²) in [5.74, 6) is 0.442. The van der Waals surface area contributed by atoms with Crippen molar-refractivity contribution in [1.29, 1.82) is 0 Å². The number of aromatic nitrogens is 3. The second kappa shape index (κ2) is 6.93. The molecule has 0 saturated heterocycles. The predicted molar refractivity (Wildman–Crippen MR) is 99.7 cm³/mol. The Hall–Kier alpha value is -2.89. The van der Waals surface area contributed by atoms with Gasteiger partial charge in [0.2, 0.25) is 0 Å². The van der Waals surface area contributed by atoms with Crippen LogP contribution in [0.25, 0.3) is 10.9 Å². The molecule has 2 aromatic heterocycles. The summed E-state index contributed by atoms with van der Waals surface area (Å²) in [6.07, 6.45) is 6.00. The Bertz CT molecular complexity index is 861. The molecular weight excluding hydrogens is 314 g/mol. The molecule has 0 bridgehead atoms. The molecule has 2 heterocycles. The highest BCUT2D eigenvalue weighted by molar-refractivity contribution is 5.92. The van der Waals surface area contributed by atoms with Crippen molar-refractivity contribution in [3.8, 4) is 0 Å². The van der Waals surface area contributed by atoms with Gasteiger partial charge >= 0.3 is 0 Å². The minimum absolute atomic E-state index is 0.217. The van der Waals surface area contributed by atoms with Gasteiger partial charge in [0.05, 0.1) is 12.4 Å². The molecule has 25 heavy (non-hydrogen) atoms. The Labute approximate surface area is 147 Å². The molecule has 0 saturated carbocycles. The Morgan fingerprint density at radius 3 is 2.68 bits per heavy atom. The number of carbonyl (C=O) groups excluding carboxylic acids is 1. The number of aromatic amines is 1. The van der Waals surface area contributed by atoms with Gasteiger partial charge < -0.3 is 15.6 Å². The number of anilines is 1. The summed E-state index contributed by atoms with van der Waals surface area (Å²) in [5, 5.41) is 7.35. The number of para-hydroxylation sites is 1. The standard InChI is InChI=1S/C19H23N5O/c1-19(2,3)24-18(25)16-11-23-17(12-22-16)20-9-8-13-10-21-15-7-5-4-6-14(13)15/h4-7,10-12,21H,8-9H2,1-3H3,(H,20,23)(H,24,25). The maximum atomic E-state index is 12.0. The SMILES string of the molecule is CC(C)(C)NC(=O)c1cnc(NCCc2c[nH]c3ccccc23)cn1. The molecule has 0 aliphatic rings. The van der Waals surface area contributed by atoms with E-state index in [0.29, 0.717) is 11.5 Å². The highest BCUT2D eigenvalue weighted by Gasteiger charge is 2.16. The van der Waals surface area contributed by atoms with Crippen LogP contribution in [-0.2, 0) is 6.42 Å². The number of nitrogens with zero attached hydrogens (tertiary/aromatic N) is 2. The van der Waals surface area contributed by atoms with Crippen molar-refractivity contribution in [2.24, 2.45) is 0 Å². The molecule has 3 aromatic rings. The number of amides is 1. The number of rotatable bonds is 5. The van der Waals surface area contributed by atoms with Crippen molar-refractivity contribution in [1.82, 2.24) is 20.3 Å². The van der Waals surface area contributed by atoms with Gasteiger partial charge in [0.25, 0.3) is 5.91 Å². The van der Waals surface area contributed by atoms with Gasteiger partial charge in [-0.15, -0.1) is 0 Å². The van der Waals surface area contributed by atoms with Gasteiger partial charge in [0.15, 0.2) is 0 Å². The highest BCUT2D eigenvalue weighted by atomic mass is 16.2. The van der Waals surface area contributed by atoms with Crippen LogP contribution in [0.2, 0.25) is 0 Å². The van der Waals surface area contributed by atoms with Gasteiger partial charge in [-0.1, -0.05) is 18.2 Å². The molecule has 0 atom stereocenters. The molecule has 0 fully saturated rings. The van der Waals surface area contributed by atoms with E-state index in [0.717, 1.165) is 18.5 Å². The van der Waals surface area contributed by atoms with Crippen molar-refractivity contribution < 1.29 is 4.79 Å². The maximum Gasteiger partial charge on any atom is 0.271 e. The van der Waals surface area contributed by atoms with Crippen molar-refractivity contribution in [2.45, 2.75) is 32.7 Å². The first-order valence-corrected chi connectivity index (χ1v) is 8.36. The molecule has 3 rings (SSSR count). The van der Waals surface area contributed by atoms with Gasteiger partial charge in [0, 0.05) is 29.2 Å². The van der Waals surface area contributed by atoms with E-state index in [2.05, 4.69) is 37.7 Å². The van der Waals surface area contributed by atoms with Gasteiger partial charge in [-0.25, -0.2) is 9.97 Å². The lowest BCUT2D eigenvalue weighted by Gasteiger charge is -2.19. The van der Waals surface area contributed by atoms with E-state index in [-0.39, 0.29) is 11.4 Å². The molecule has 6 heteroatoms. The first kappa shape index (κ1) is 17.0. The van der Waals surface area contributed by atoms with E-state index >= 15 is 0 Å². The Kier molecular flexibility index (Phi) is 4.70. The summed E-state index contributed by atoms with van der Waals surface area (Å²) in [6.45, 7) is 6.53. The minimum Gasteiger partial charge on any atom is -0.368 e. The maximum absolute atomic E-state index is 12.0. The lowest BCUT2D eigenvalue weighted by molar-refractivity contribution is 0.0914. The Morgan fingerprint density at radius 2 is 1.96 bits per heavy atom. The zero-order valence-electron chi connectivity index (χ0n) is 14.8. The summed E-state index contributed by atoms with van der Waals surface area (Å²) in [7, 11) is 0. The van der Waals surface area contributed by atoms with Crippen molar-refractivity contribution >= 4 is 22.6 Å². The smallest absolute Gasteiger partial charge is 0.271 e. The molecule has 6 nitrogen and oxygen atoms in total. The Morgan fingerprint density at radius 1 is 1.16 bits per heavy atom. The molecule has 1 aromatic carbocycles. The molecule has 0 aliphatic heterocycles. The quantitative estimate of drug-likeness (QED) is 0.668. The highest BCUT2D eigenvalue weighted by Crippen LogP contribution is 2.18. The number of fused-ring (bicyclic) bond motifs is 1. The fourth-order valence-corrected chi connectivity index (χ4v) is 2.60. The number of benzene rings is 1. The van der Waals surface area contributed by atoms with Gasteiger partial charge in [-0.2, -0.15) is 0 Å². The monoisotopic (exact) mass is 337 g/mol. The topological polar surface area (TPSA) is 82.7 Å². The number of hydrogen-bond donors (Lipinski definition) is 3. The van der Waals surface area contributed by atoms with Crippen LogP contribution in [0.1, 0.15) is 36.8 Å². The number of nitrogens with one attached hydrogen (secondary N) is 3. The van der Waals surface area contributed by atoms with Crippen molar-refractivity contribution in [3.63, 3.8) is 0 Å². The fourth-order valence-electron chi connectivity index (χ4n) is 2.60. The molecule has 0 unspecified atom stereocenters. The second-order valence-electron chi connectivity index (χ2n) is 7.03. The zero-order valence-corrected chi connectivity index (χ0v) is 14.8. The fraction of sp³-hybridized carbons (Fsp3) is 0.316. The first-order chi connectivity index (χ1) is 11.9. The van der Waals surface area contributed by atoms with Gasteiger partial charge in [-0.3, -0.25) is 4.79 Å². The summed E-state index contributed by atoms with van der Waals surface area (Å²) in [6, 6.07) is 8.25. The van der Waals surface area contributed by atoms with E-state index in [1.165, 1.54) is 17.1 Å². The van der Waals surface area contributed by atoms with E-state index < -0.39 is 0 Å². The van der Waals surface area contributed by atoms with Crippen LogP contribution in [0.4, 0.5) is 5.82 Å². The lowest BCUT2D eigenvalue weighted by Crippen LogP contribution is -2.41. The third-order valence-electron chi connectivity index (χ3n) is 3.75. The molecule has 130 valence electrons. The Balaban J connectivity index is 1.56. The van der Waals surface area contributed by atoms with Gasteiger partial charge in [-0.05, 0) is 38.8 Å². The summed E-state index contributed by atoms with van der Waals surface area (Å²) in [4.78, 5) is 23.8. The number of carbonyl (C=O) groups is 1. The average Bonchev–Trinajstić information content (AvgIpc) is 2.97. The van der Waals surface area contributed by atoms with E-state index in [4.69, 9.17) is 0 Å².